The molecule has 2 amide bonds. The van der Waals surface area contributed by atoms with Crippen LogP contribution in [0.2, 0.25) is 0 Å². The van der Waals surface area contributed by atoms with Crippen LogP contribution in [0.25, 0.3) is 0 Å². The molecule has 1 saturated carbocycles. The normalized spacial score (nSPS) is 21.9. The Morgan fingerprint density at radius 3 is 2.65 bits per heavy atom. The molecular formula is C36H47F2N7O2S2. The first-order valence-electron chi connectivity index (χ1n) is 17.2. The smallest absolute Gasteiger partial charge is 0.282 e. The highest BCUT2D eigenvalue weighted by Crippen LogP contribution is 2.41. The number of likely N-dealkylation sites (tertiary alicyclic amines) is 1. The van der Waals surface area contributed by atoms with Gasteiger partial charge in [-0.25, -0.2) is 8.78 Å². The van der Waals surface area contributed by atoms with Crippen molar-refractivity contribution in [3.63, 3.8) is 0 Å². The Bertz CT molecular complexity index is 1600. The van der Waals surface area contributed by atoms with E-state index >= 15 is 0 Å². The third-order valence-electron chi connectivity index (χ3n) is 9.61. The number of aromatic nitrogens is 3. The highest BCUT2D eigenvalue weighted by molar-refractivity contribution is 8.14. The predicted molar refractivity (Wildman–Crippen MR) is 193 cm³/mol. The van der Waals surface area contributed by atoms with E-state index < -0.39 is 5.92 Å². The Kier molecular flexibility index (Phi) is 12.4. The first-order valence-corrected chi connectivity index (χ1v) is 18.9. The number of hydrogen-bond acceptors (Lipinski definition) is 9. The average molecular weight is 712 g/mol. The van der Waals surface area contributed by atoms with Crippen molar-refractivity contribution < 1.29 is 18.4 Å². The van der Waals surface area contributed by atoms with E-state index in [4.69, 9.17) is 5.41 Å². The standard InChI is InChI=1S/C36H47F2N7O2S2/c1-5-23(3)33(41-30(46)17-25-8-7-11-29(15-13-24(25)4)45-20-36(37,38)21-45)48-32(39)26-9-6-10-27(16-26)34-43-44-35(49-34)42-31(47)18-28-14-12-22(2)19-40-28/h7-8,11-12,14,19,23,26-27,33,39H,5-6,9-10,13,15-18,20-21H2,1-4H3,(H,41,46)(H,42,44,47). The number of halogens is 2. The van der Waals surface area contributed by atoms with E-state index in [1.165, 1.54) is 23.1 Å². The molecule has 0 aromatic carbocycles. The lowest BCUT2D eigenvalue weighted by atomic mass is 9.82. The van der Waals surface area contributed by atoms with Crippen LogP contribution in [0.5, 0.6) is 0 Å². The number of nitrogens with one attached hydrogen (secondary N) is 3. The third kappa shape index (κ3) is 10.3. The summed E-state index contributed by atoms with van der Waals surface area (Å²) in [5.74, 6) is -2.48. The van der Waals surface area contributed by atoms with Gasteiger partial charge >= 0.3 is 0 Å². The van der Waals surface area contributed by atoms with Crippen molar-refractivity contribution in [2.45, 2.75) is 103 Å². The minimum Gasteiger partial charge on any atom is -0.363 e. The summed E-state index contributed by atoms with van der Waals surface area (Å²) in [5.41, 5.74) is 4.67. The maximum absolute atomic E-state index is 13.4. The second kappa shape index (κ2) is 16.5. The summed E-state index contributed by atoms with van der Waals surface area (Å²) in [6, 6.07) is 3.78. The number of thioether (sulfide) groups is 1. The van der Waals surface area contributed by atoms with E-state index in [9.17, 15) is 18.4 Å². The SMILES string of the molecule is CCC(C)C(NC(=O)CC1=C(C)CCC(N2CC(F)(F)C2)=CC=C1)SC(=N)C1CCCC(c2nnc(NC(=O)Cc3ccc(C)cn3)s2)C1. The number of carbonyl (C=O) groups is 2. The van der Waals surface area contributed by atoms with Gasteiger partial charge in [0, 0.05) is 29.4 Å². The molecule has 2 aliphatic carbocycles. The molecule has 3 heterocycles. The molecule has 1 aliphatic heterocycles. The molecule has 2 fully saturated rings. The van der Waals surface area contributed by atoms with Crippen LogP contribution in [-0.2, 0) is 16.0 Å². The van der Waals surface area contributed by atoms with Gasteiger partial charge in [-0.2, -0.15) is 0 Å². The van der Waals surface area contributed by atoms with Gasteiger partial charge in [-0.1, -0.05) is 73.6 Å². The van der Waals surface area contributed by atoms with Crippen molar-refractivity contribution in [2.75, 3.05) is 18.4 Å². The summed E-state index contributed by atoms with van der Waals surface area (Å²) in [6.07, 6.45) is 13.7. The van der Waals surface area contributed by atoms with Crippen molar-refractivity contribution in [2.24, 2.45) is 11.8 Å². The maximum atomic E-state index is 13.4. The molecule has 5 rings (SSSR count). The monoisotopic (exact) mass is 711 g/mol. The highest BCUT2D eigenvalue weighted by Gasteiger charge is 2.44. The molecule has 9 nitrogen and oxygen atoms in total. The van der Waals surface area contributed by atoms with Crippen LogP contribution < -0.4 is 10.6 Å². The molecule has 4 atom stereocenters. The quantitative estimate of drug-likeness (QED) is 0.117. The summed E-state index contributed by atoms with van der Waals surface area (Å²) in [5, 5.41) is 25.5. The van der Waals surface area contributed by atoms with E-state index in [-0.39, 0.29) is 60.9 Å². The van der Waals surface area contributed by atoms with Crippen LogP contribution in [0, 0.1) is 24.2 Å². The molecule has 0 bridgehead atoms. The predicted octanol–water partition coefficient (Wildman–Crippen LogP) is 7.79. The van der Waals surface area contributed by atoms with Crippen LogP contribution in [0.3, 0.4) is 0 Å². The van der Waals surface area contributed by atoms with Crippen LogP contribution in [0.1, 0.15) is 94.3 Å². The van der Waals surface area contributed by atoms with Crippen LogP contribution in [0.15, 0.2) is 53.4 Å². The third-order valence-corrected chi connectivity index (χ3v) is 12.0. The lowest BCUT2D eigenvalue weighted by Gasteiger charge is -2.42. The molecule has 4 unspecified atom stereocenters. The van der Waals surface area contributed by atoms with E-state index in [1.807, 2.05) is 44.2 Å². The summed E-state index contributed by atoms with van der Waals surface area (Å²) in [7, 11) is 0. The van der Waals surface area contributed by atoms with Crippen molar-refractivity contribution in [3.05, 3.63) is 69.7 Å². The molecule has 3 aliphatic rings. The Labute approximate surface area is 296 Å². The van der Waals surface area contributed by atoms with Crippen molar-refractivity contribution in [1.29, 1.82) is 5.41 Å². The Hall–Kier alpha value is -3.45. The number of hydrogen-bond donors (Lipinski definition) is 3. The molecule has 13 heteroatoms. The number of rotatable bonds is 12. The number of anilines is 1. The Morgan fingerprint density at radius 2 is 1.94 bits per heavy atom. The number of allylic oxidation sites excluding steroid dienone is 5. The minimum atomic E-state index is -2.61. The molecular weight excluding hydrogens is 665 g/mol. The number of aryl methyl sites for hydroxylation is 1. The molecule has 0 spiro atoms. The van der Waals surface area contributed by atoms with Gasteiger partial charge in [0.05, 0.1) is 36.3 Å². The van der Waals surface area contributed by atoms with Crippen LogP contribution >= 0.6 is 23.1 Å². The van der Waals surface area contributed by atoms with E-state index in [0.717, 1.165) is 59.5 Å². The molecule has 2 aromatic rings. The van der Waals surface area contributed by atoms with Gasteiger partial charge in [0.25, 0.3) is 5.92 Å². The lowest BCUT2D eigenvalue weighted by molar-refractivity contribution is -0.121. The van der Waals surface area contributed by atoms with Crippen molar-refractivity contribution >= 4 is 45.1 Å². The zero-order chi connectivity index (χ0) is 35.1. The largest absolute Gasteiger partial charge is 0.363 e. The first kappa shape index (κ1) is 36.8. The Balaban J connectivity index is 1.13. The fraction of sp³-hybridized carbons (Fsp3) is 0.556. The van der Waals surface area contributed by atoms with E-state index in [1.54, 1.807) is 11.1 Å². The summed E-state index contributed by atoms with van der Waals surface area (Å²) < 4.78 is 26.8. The van der Waals surface area contributed by atoms with Gasteiger partial charge in [0.2, 0.25) is 16.9 Å². The van der Waals surface area contributed by atoms with Gasteiger partial charge in [0.15, 0.2) is 0 Å². The average Bonchev–Trinajstić information content (AvgIpc) is 3.52. The molecule has 3 N–H and O–H groups in total. The van der Waals surface area contributed by atoms with Gasteiger partial charge in [0.1, 0.15) is 5.01 Å². The van der Waals surface area contributed by atoms with Gasteiger partial charge in [-0.15, -0.1) is 10.2 Å². The Morgan fingerprint density at radius 1 is 1.14 bits per heavy atom. The minimum absolute atomic E-state index is 0.0626. The second-order valence-electron chi connectivity index (χ2n) is 13.6. The fourth-order valence-corrected chi connectivity index (χ4v) is 8.52. The number of nitrogens with zero attached hydrogens (tertiary/aromatic N) is 4. The number of amides is 2. The van der Waals surface area contributed by atoms with Crippen molar-refractivity contribution in [1.82, 2.24) is 25.4 Å². The van der Waals surface area contributed by atoms with E-state index in [2.05, 4.69) is 39.7 Å². The summed E-state index contributed by atoms with van der Waals surface area (Å²) in [4.78, 5) is 32.0. The zero-order valence-electron chi connectivity index (χ0n) is 28.7. The lowest BCUT2D eigenvalue weighted by Crippen LogP contribution is -2.55. The van der Waals surface area contributed by atoms with Gasteiger partial charge < -0.3 is 15.5 Å². The molecule has 1 saturated heterocycles. The zero-order valence-corrected chi connectivity index (χ0v) is 30.4. The second-order valence-corrected chi connectivity index (χ2v) is 15.8. The molecule has 264 valence electrons. The number of alkyl halides is 2. The molecule has 2 aromatic heterocycles. The van der Waals surface area contributed by atoms with E-state index in [0.29, 0.717) is 28.7 Å². The molecule has 0 radical (unpaired) electrons. The topological polar surface area (TPSA) is 124 Å². The van der Waals surface area contributed by atoms with Crippen molar-refractivity contribution in [3.8, 4) is 0 Å². The van der Waals surface area contributed by atoms with Crippen LogP contribution in [0.4, 0.5) is 13.9 Å². The number of carbonyl (C=O) groups excluding carboxylic acids is 2. The summed E-state index contributed by atoms with van der Waals surface area (Å²) >= 11 is 2.85. The van der Waals surface area contributed by atoms with Gasteiger partial charge in [-0.3, -0.25) is 20.0 Å². The summed E-state index contributed by atoms with van der Waals surface area (Å²) in [6.45, 7) is 7.70. The first-order chi connectivity index (χ1) is 23.4. The number of pyridine rings is 1. The molecule has 49 heavy (non-hydrogen) atoms. The van der Waals surface area contributed by atoms with Crippen LogP contribution in [-0.4, -0.2) is 61.3 Å². The fourth-order valence-electron chi connectivity index (χ4n) is 6.32. The highest BCUT2D eigenvalue weighted by atomic mass is 32.2. The van der Waals surface area contributed by atoms with Gasteiger partial charge in [-0.05, 0) is 75.1 Å². The maximum Gasteiger partial charge on any atom is 0.282 e.